The van der Waals surface area contributed by atoms with Crippen molar-refractivity contribution in [2.24, 2.45) is 4.99 Å². The maximum Gasteiger partial charge on any atom is 0.338 e. The SMILES string of the molecule is CCOc1cc([C@@H]2C(C(=O)OCc3ccccc3)=C(C)N=C3S[C@H](CC)C(=O)N32)ccc1OC(C)=O. The Morgan fingerprint density at radius 2 is 1.83 bits per heavy atom. The number of carbonyl (C=O) groups is 3. The number of esters is 2. The lowest BCUT2D eigenvalue weighted by molar-refractivity contribution is -0.141. The number of thioether (sulfide) groups is 1. The zero-order valence-corrected chi connectivity index (χ0v) is 21.5. The first-order valence-corrected chi connectivity index (χ1v) is 12.7. The summed E-state index contributed by atoms with van der Waals surface area (Å²) in [7, 11) is 0. The van der Waals surface area contributed by atoms with E-state index >= 15 is 0 Å². The van der Waals surface area contributed by atoms with Gasteiger partial charge in [0.15, 0.2) is 16.7 Å². The number of nitrogens with zero attached hydrogens (tertiary/aromatic N) is 2. The zero-order chi connectivity index (χ0) is 25.8. The molecule has 8 nitrogen and oxygen atoms in total. The Balaban J connectivity index is 1.76. The number of benzene rings is 2. The molecule has 0 aliphatic carbocycles. The molecule has 2 heterocycles. The van der Waals surface area contributed by atoms with E-state index in [1.54, 1.807) is 30.0 Å². The van der Waals surface area contributed by atoms with Crippen LogP contribution in [0.25, 0.3) is 0 Å². The van der Waals surface area contributed by atoms with E-state index in [-0.39, 0.29) is 29.1 Å². The minimum absolute atomic E-state index is 0.0929. The molecule has 188 valence electrons. The van der Waals surface area contributed by atoms with Crippen molar-refractivity contribution in [1.82, 2.24) is 4.90 Å². The van der Waals surface area contributed by atoms with Crippen LogP contribution in [0.15, 0.2) is 64.8 Å². The summed E-state index contributed by atoms with van der Waals surface area (Å²) < 4.78 is 16.7. The van der Waals surface area contributed by atoms with Gasteiger partial charge in [0.05, 0.1) is 29.2 Å². The molecule has 2 atom stereocenters. The molecule has 0 aromatic heterocycles. The first kappa shape index (κ1) is 25.5. The average Bonchev–Trinajstić information content (AvgIpc) is 3.18. The minimum atomic E-state index is -0.761. The summed E-state index contributed by atoms with van der Waals surface area (Å²) in [5.74, 6) is -0.540. The lowest BCUT2D eigenvalue weighted by Gasteiger charge is -2.33. The highest BCUT2D eigenvalue weighted by Crippen LogP contribution is 2.45. The van der Waals surface area contributed by atoms with E-state index in [1.165, 1.54) is 18.7 Å². The Morgan fingerprint density at radius 1 is 1.08 bits per heavy atom. The molecule has 1 fully saturated rings. The predicted molar refractivity (Wildman–Crippen MR) is 137 cm³/mol. The standard InChI is InChI=1S/C27H28N2O6S/c1-5-22-25(31)29-24(19-12-13-20(35-17(4)30)21(14-19)33-6-2)23(16(3)28-27(29)36-22)26(32)34-15-18-10-8-7-9-11-18/h7-14,22,24H,5-6,15H2,1-4H3/t22-,24-/m1/s1. The number of hydrogen-bond acceptors (Lipinski definition) is 8. The predicted octanol–water partition coefficient (Wildman–Crippen LogP) is 4.79. The molecule has 2 aliphatic heterocycles. The summed E-state index contributed by atoms with van der Waals surface area (Å²) in [6.45, 7) is 7.25. The molecule has 1 saturated heterocycles. The fourth-order valence-electron chi connectivity index (χ4n) is 4.17. The van der Waals surface area contributed by atoms with Crippen LogP contribution in [-0.4, -0.2) is 39.8 Å². The Kier molecular flexibility index (Phi) is 7.79. The third-order valence-corrected chi connectivity index (χ3v) is 7.11. The number of ether oxygens (including phenoxy) is 3. The van der Waals surface area contributed by atoms with Gasteiger partial charge in [-0.2, -0.15) is 0 Å². The number of rotatable bonds is 8. The van der Waals surface area contributed by atoms with Crippen LogP contribution < -0.4 is 9.47 Å². The second-order valence-corrected chi connectivity index (χ2v) is 9.48. The number of aliphatic imine (C=N–C) groups is 1. The number of fused-ring (bicyclic) bond motifs is 1. The van der Waals surface area contributed by atoms with E-state index in [0.717, 1.165) is 5.56 Å². The van der Waals surface area contributed by atoms with Gasteiger partial charge in [-0.25, -0.2) is 9.79 Å². The van der Waals surface area contributed by atoms with Crippen LogP contribution in [0.4, 0.5) is 0 Å². The molecule has 36 heavy (non-hydrogen) atoms. The molecule has 1 amide bonds. The van der Waals surface area contributed by atoms with Gasteiger partial charge in [0.25, 0.3) is 0 Å². The molecule has 0 bridgehead atoms. The lowest BCUT2D eigenvalue weighted by atomic mass is 9.93. The van der Waals surface area contributed by atoms with Crippen molar-refractivity contribution in [3.05, 3.63) is 70.9 Å². The number of hydrogen-bond donors (Lipinski definition) is 0. The van der Waals surface area contributed by atoms with Gasteiger partial charge in [-0.15, -0.1) is 0 Å². The Bertz CT molecular complexity index is 1240. The molecule has 2 aromatic rings. The maximum atomic E-state index is 13.4. The van der Waals surface area contributed by atoms with Crippen molar-refractivity contribution < 1.29 is 28.6 Å². The average molecular weight is 509 g/mol. The normalized spacial score (nSPS) is 19.1. The van der Waals surface area contributed by atoms with Crippen LogP contribution in [0.1, 0.15) is 51.3 Å². The highest BCUT2D eigenvalue weighted by atomic mass is 32.2. The number of allylic oxidation sites excluding steroid dienone is 1. The number of amidine groups is 1. The zero-order valence-electron chi connectivity index (χ0n) is 20.6. The quantitative estimate of drug-likeness (QED) is 0.374. The number of amides is 1. The summed E-state index contributed by atoms with van der Waals surface area (Å²) in [5, 5.41) is 0.265. The van der Waals surface area contributed by atoms with Gasteiger partial charge in [0.1, 0.15) is 6.61 Å². The van der Waals surface area contributed by atoms with E-state index in [1.807, 2.05) is 44.2 Å². The molecule has 2 aromatic carbocycles. The van der Waals surface area contributed by atoms with Gasteiger partial charge in [0.2, 0.25) is 5.91 Å². The van der Waals surface area contributed by atoms with E-state index in [0.29, 0.717) is 35.2 Å². The summed E-state index contributed by atoms with van der Waals surface area (Å²) in [6.07, 6.45) is 0.633. The third kappa shape index (κ3) is 5.16. The van der Waals surface area contributed by atoms with Crippen LogP contribution in [0.3, 0.4) is 0 Å². The lowest BCUT2D eigenvalue weighted by Crippen LogP contribution is -2.40. The molecule has 0 saturated carbocycles. The van der Waals surface area contributed by atoms with Crippen LogP contribution in [0, 0.1) is 0 Å². The van der Waals surface area contributed by atoms with Gasteiger partial charge >= 0.3 is 11.9 Å². The van der Waals surface area contributed by atoms with Crippen molar-refractivity contribution in [3.63, 3.8) is 0 Å². The van der Waals surface area contributed by atoms with E-state index < -0.39 is 18.0 Å². The smallest absolute Gasteiger partial charge is 0.338 e. The fourth-order valence-corrected chi connectivity index (χ4v) is 5.30. The second-order valence-electron chi connectivity index (χ2n) is 8.31. The molecule has 4 rings (SSSR count). The largest absolute Gasteiger partial charge is 0.490 e. The minimum Gasteiger partial charge on any atom is -0.490 e. The highest BCUT2D eigenvalue weighted by molar-refractivity contribution is 8.15. The van der Waals surface area contributed by atoms with E-state index in [4.69, 9.17) is 14.2 Å². The van der Waals surface area contributed by atoms with E-state index in [2.05, 4.69) is 4.99 Å². The second kappa shape index (κ2) is 11.0. The summed E-state index contributed by atoms with van der Waals surface area (Å²) in [5.41, 5.74) is 2.24. The third-order valence-electron chi connectivity index (χ3n) is 5.79. The molecule has 0 radical (unpaired) electrons. The number of carbonyl (C=O) groups excluding carboxylic acids is 3. The van der Waals surface area contributed by atoms with Crippen molar-refractivity contribution in [1.29, 1.82) is 0 Å². The first-order chi connectivity index (χ1) is 17.3. The molecular formula is C27H28N2O6S. The first-order valence-electron chi connectivity index (χ1n) is 11.8. The van der Waals surface area contributed by atoms with Crippen LogP contribution in [-0.2, 0) is 25.7 Å². The molecule has 0 spiro atoms. The molecule has 0 N–H and O–H groups in total. The molecular weight excluding hydrogens is 480 g/mol. The Morgan fingerprint density at radius 3 is 2.50 bits per heavy atom. The fraction of sp³-hybridized carbons (Fsp3) is 0.333. The van der Waals surface area contributed by atoms with Gasteiger partial charge < -0.3 is 14.2 Å². The Hall–Kier alpha value is -3.59. The molecule has 2 aliphatic rings. The van der Waals surface area contributed by atoms with E-state index in [9.17, 15) is 14.4 Å². The van der Waals surface area contributed by atoms with Gasteiger partial charge in [0, 0.05) is 6.92 Å². The molecule has 9 heteroatoms. The van der Waals surface area contributed by atoms with Crippen LogP contribution in [0.2, 0.25) is 0 Å². The highest BCUT2D eigenvalue weighted by Gasteiger charge is 2.47. The summed E-state index contributed by atoms with van der Waals surface area (Å²) in [4.78, 5) is 44.6. The van der Waals surface area contributed by atoms with Crippen LogP contribution >= 0.6 is 11.8 Å². The van der Waals surface area contributed by atoms with Gasteiger partial charge in [-0.1, -0.05) is 55.1 Å². The van der Waals surface area contributed by atoms with Crippen molar-refractivity contribution in [3.8, 4) is 11.5 Å². The summed E-state index contributed by atoms with van der Waals surface area (Å²) in [6, 6.07) is 13.7. The van der Waals surface area contributed by atoms with Gasteiger partial charge in [-0.05, 0) is 43.5 Å². The topological polar surface area (TPSA) is 94.5 Å². The van der Waals surface area contributed by atoms with Crippen molar-refractivity contribution in [2.75, 3.05) is 6.61 Å². The van der Waals surface area contributed by atoms with Crippen LogP contribution in [0.5, 0.6) is 11.5 Å². The van der Waals surface area contributed by atoms with Crippen molar-refractivity contribution in [2.45, 2.75) is 52.0 Å². The maximum absolute atomic E-state index is 13.4. The Labute approximate surface area is 214 Å². The van der Waals surface area contributed by atoms with Gasteiger partial charge in [-0.3, -0.25) is 14.5 Å². The molecule has 0 unspecified atom stereocenters. The summed E-state index contributed by atoms with van der Waals surface area (Å²) >= 11 is 1.39. The monoisotopic (exact) mass is 508 g/mol. The van der Waals surface area contributed by atoms with Crippen molar-refractivity contribution >= 4 is 34.8 Å².